The fourth-order valence-corrected chi connectivity index (χ4v) is 3.27. The molecule has 7 heteroatoms. The molecule has 1 aromatic carbocycles. The van der Waals surface area contributed by atoms with Gasteiger partial charge in [0.2, 0.25) is 0 Å². The zero-order valence-corrected chi connectivity index (χ0v) is 11.7. The van der Waals surface area contributed by atoms with Crippen LogP contribution >= 0.6 is 22.0 Å². The van der Waals surface area contributed by atoms with Gasteiger partial charge in [0.15, 0.2) is 5.13 Å². The molecule has 0 radical (unpaired) electrons. The highest BCUT2D eigenvalue weighted by Gasteiger charge is 2.12. The van der Waals surface area contributed by atoms with Crippen molar-refractivity contribution in [2.45, 2.75) is 24.8 Å². The smallest absolute Gasteiger partial charge is 0.261 e. The van der Waals surface area contributed by atoms with Gasteiger partial charge in [-0.05, 0) is 32.0 Å². The molecule has 17 heavy (non-hydrogen) atoms. The monoisotopic (exact) mass is 290 g/mol. The number of hydrogen-bond acceptors (Lipinski definition) is 5. The first-order chi connectivity index (χ1) is 7.86. The van der Waals surface area contributed by atoms with Crippen molar-refractivity contribution in [1.82, 2.24) is 4.98 Å². The number of rotatable bonds is 3. The predicted octanol–water partition coefficient (Wildman–Crippen LogP) is 3.04. The number of fused-ring (bicyclic) bond motifs is 1. The summed E-state index contributed by atoms with van der Waals surface area (Å²) in [6.07, 6.45) is 0. The summed E-state index contributed by atoms with van der Waals surface area (Å²) in [5.74, 6) is 0. The van der Waals surface area contributed by atoms with Crippen LogP contribution in [0.25, 0.3) is 10.2 Å². The summed E-state index contributed by atoms with van der Waals surface area (Å²) >= 11 is 1.41. The van der Waals surface area contributed by atoms with Crippen LogP contribution in [-0.4, -0.2) is 19.4 Å². The van der Waals surface area contributed by atoms with E-state index in [-0.39, 0.29) is 10.9 Å². The van der Waals surface area contributed by atoms with Crippen LogP contribution in [-0.2, 0) is 9.05 Å². The van der Waals surface area contributed by atoms with Crippen molar-refractivity contribution in [3.05, 3.63) is 18.2 Å². The average molecular weight is 291 g/mol. The molecule has 92 valence electrons. The Kier molecular flexibility index (Phi) is 3.29. The fraction of sp³-hybridized carbons (Fsp3) is 0.300. The van der Waals surface area contributed by atoms with Gasteiger partial charge < -0.3 is 5.32 Å². The lowest BCUT2D eigenvalue weighted by atomic mass is 10.3. The van der Waals surface area contributed by atoms with Crippen LogP contribution in [0.15, 0.2) is 23.1 Å². The van der Waals surface area contributed by atoms with Crippen LogP contribution in [0, 0.1) is 0 Å². The van der Waals surface area contributed by atoms with Gasteiger partial charge in [0, 0.05) is 16.7 Å². The maximum atomic E-state index is 11.2. The lowest BCUT2D eigenvalue weighted by Crippen LogP contribution is -2.08. The van der Waals surface area contributed by atoms with Gasteiger partial charge in [-0.25, -0.2) is 13.4 Å². The van der Waals surface area contributed by atoms with Crippen LogP contribution in [0.2, 0.25) is 0 Å². The molecule has 0 aliphatic carbocycles. The summed E-state index contributed by atoms with van der Waals surface area (Å²) in [5, 5.41) is 3.95. The molecule has 0 amide bonds. The van der Waals surface area contributed by atoms with Crippen molar-refractivity contribution in [3.63, 3.8) is 0 Å². The molecule has 0 spiro atoms. The van der Waals surface area contributed by atoms with Gasteiger partial charge in [0.25, 0.3) is 9.05 Å². The minimum atomic E-state index is -3.68. The number of hydrogen-bond donors (Lipinski definition) is 1. The molecule has 0 unspecified atom stereocenters. The van der Waals surface area contributed by atoms with Gasteiger partial charge in [-0.3, -0.25) is 0 Å². The second-order valence-electron chi connectivity index (χ2n) is 3.89. The molecule has 2 aromatic rings. The molecule has 0 aliphatic heterocycles. The third-order valence-electron chi connectivity index (χ3n) is 2.05. The molecule has 0 aliphatic rings. The molecule has 0 bridgehead atoms. The quantitative estimate of drug-likeness (QED) is 0.883. The Balaban J connectivity index is 2.48. The van der Waals surface area contributed by atoms with E-state index < -0.39 is 9.05 Å². The summed E-state index contributed by atoms with van der Waals surface area (Å²) in [6, 6.07) is 4.95. The second kappa shape index (κ2) is 4.44. The number of nitrogens with zero attached hydrogens (tertiary/aromatic N) is 1. The van der Waals surface area contributed by atoms with Gasteiger partial charge in [-0.1, -0.05) is 11.3 Å². The van der Waals surface area contributed by atoms with Crippen LogP contribution in [0.5, 0.6) is 0 Å². The molecule has 1 N–H and O–H groups in total. The van der Waals surface area contributed by atoms with Gasteiger partial charge in [0.05, 0.1) is 15.1 Å². The highest BCUT2D eigenvalue weighted by molar-refractivity contribution is 8.13. The first kappa shape index (κ1) is 12.6. The van der Waals surface area contributed by atoms with E-state index in [1.807, 2.05) is 13.8 Å². The highest BCUT2D eigenvalue weighted by Crippen LogP contribution is 2.29. The Morgan fingerprint density at radius 1 is 1.41 bits per heavy atom. The van der Waals surface area contributed by atoms with Crippen molar-refractivity contribution >= 4 is 46.4 Å². The summed E-state index contributed by atoms with van der Waals surface area (Å²) < 4.78 is 23.2. The first-order valence-electron chi connectivity index (χ1n) is 4.98. The lowest BCUT2D eigenvalue weighted by molar-refractivity contribution is 0.609. The van der Waals surface area contributed by atoms with E-state index in [0.717, 1.165) is 15.3 Å². The molecule has 1 heterocycles. The Hall–Kier alpha value is -0.850. The predicted molar refractivity (Wildman–Crippen MR) is 71.4 cm³/mol. The van der Waals surface area contributed by atoms with Crippen molar-refractivity contribution < 1.29 is 8.42 Å². The average Bonchev–Trinajstić information content (AvgIpc) is 2.55. The fourth-order valence-electron chi connectivity index (χ4n) is 1.37. The SMILES string of the molecule is CC(C)Nc1nc2ccc(S(=O)(=O)Cl)cc2s1. The first-order valence-corrected chi connectivity index (χ1v) is 8.10. The number of thiazole rings is 1. The summed E-state index contributed by atoms with van der Waals surface area (Å²) in [6.45, 7) is 4.03. The van der Waals surface area contributed by atoms with E-state index in [1.165, 1.54) is 17.4 Å². The maximum absolute atomic E-state index is 11.2. The molecule has 0 saturated heterocycles. The number of halogens is 1. The summed E-state index contributed by atoms with van der Waals surface area (Å²) in [7, 11) is 1.61. The molecule has 0 saturated carbocycles. The van der Waals surface area contributed by atoms with Crippen molar-refractivity contribution in [1.29, 1.82) is 0 Å². The third kappa shape index (κ3) is 2.88. The molecule has 0 atom stereocenters. The van der Waals surface area contributed by atoms with Gasteiger partial charge in [0.1, 0.15) is 0 Å². The number of benzene rings is 1. The zero-order chi connectivity index (χ0) is 12.6. The van der Waals surface area contributed by atoms with E-state index in [2.05, 4.69) is 10.3 Å². The van der Waals surface area contributed by atoms with Crippen molar-refractivity contribution in [2.24, 2.45) is 0 Å². The van der Waals surface area contributed by atoms with Crippen LogP contribution in [0.1, 0.15) is 13.8 Å². The van der Waals surface area contributed by atoms with Gasteiger partial charge >= 0.3 is 0 Å². The van der Waals surface area contributed by atoms with Crippen LogP contribution < -0.4 is 5.32 Å². The third-order valence-corrected chi connectivity index (χ3v) is 4.35. The lowest BCUT2D eigenvalue weighted by Gasteiger charge is -2.03. The molecular weight excluding hydrogens is 280 g/mol. The molecular formula is C10H11ClN2O2S2. The largest absolute Gasteiger partial charge is 0.359 e. The van der Waals surface area contributed by atoms with E-state index in [9.17, 15) is 8.42 Å². The van der Waals surface area contributed by atoms with Crippen LogP contribution in [0.3, 0.4) is 0 Å². The Morgan fingerprint density at radius 2 is 2.12 bits per heavy atom. The van der Waals surface area contributed by atoms with Crippen molar-refractivity contribution in [2.75, 3.05) is 5.32 Å². The van der Waals surface area contributed by atoms with E-state index in [0.29, 0.717) is 0 Å². The van der Waals surface area contributed by atoms with E-state index >= 15 is 0 Å². The number of nitrogens with one attached hydrogen (secondary N) is 1. The van der Waals surface area contributed by atoms with Crippen molar-refractivity contribution in [3.8, 4) is 0 Å². The second-order valence-corrected chi connectivity index (χ2v) is 7.48. The molecule has 1 aromatic heterocycles. The van der Waals surface area contributed by atoms with Gasteiger partial charge in [-0.2, -0.15) is 0 Å². The maximum Gasteiger partial charge on any atom is 0.261 e. The Bertz CT molecular complexity index is 649. The molecule has 4 nitrogen and oxygen atoms in total. The minimum Gasteiger partial charge on any atom is -0.359 e. The Morgan fingerprint density at radius 3 is 2.71 bits per heavy atom. The summed E-state index contributed by atoms with van der Waals surface area (Å²) in [5.41, 5.74) is 0.766. The normalized spacial score (nSPS) is 12.2. The van der Waals surface area contributed by atoms with E-state index in [1.54, 1.807) is 12.1 Å². The van der Waals surface area contributed by atoms with E-state index in [4.69, 9.17) is 10.7 Å². The van der Waals surface area contributed by atoms with Crippen LogP contribution in [0.4, 0.5) is 5.13 Å². The summed E-state index contributed by atoms with van der Waals surface area (Å²) in [4.78, 5) is 4.45. The molecule has 2 rings (SSSR count). The minimum absolute atomic E-state index is 0.103. The zero-order valence-electron chi connectivity index (χ0n) is 9.27. The molecule has 0 fully saturated rings. The standard InChI is InChI=1S/C10H11ClN2O2S2/c1-6(2)12-10-13-8-4-3-7(17(11,14)15)5-9(8)16-10/h3-6H,1-2H3,(H,12,13). The Labute approximate surface area is 108 Å². The van der Waals surface area contributed by atoms with Gasteiger partial charge in [-0.15, -0.1) is 0 Å². The highest BCUT2D eigenvalue weighted by atomic mass is 35.7. The topological polar surface area (TPSA) is 59.1 Å². The number of aromatic nitrogens is 1. The number of anilines is 1.